The van der Waals surface area contributed by atoms with Crippen LogP contribution >= 0.6 is 22.6 Å². The summed E-state index contributed by atoms with van der Waals surface area (Å²) in [5.41, 5.74) is 7.34. The number of nitrogens with two attached hydrogens (primary N) is 1. The number of anilines is 1. The first-order chi connectivity index (χ1) is 8.22. The second-order valence-electron chi connectivity index (χ2n) is 5.18. The van der Waals surface area contributed by atoms with E-state index in [2.05, 4.69) is 43.3 Å². The summed E-state index contributed by atoms with van der Waals surface area (Å²) in [6.45, 7) is 0. The fraction of sp³-hybridized carbons (Fsp3) is 0.500. The molecule has 2 heterocycles. The van der Waals surface area contributed by atoms with Crippen LogP contribution in [0.2, 0.25) is 0 Å². The molecule has 0 spiro atoms. The third kappa shape index (κ3) is 1.29. The van der Waals surface area contributed by atoms with Crippen molar-refractivity contribution in [2.75, 3.05) is 5.73 Å². The van der Waals surface area contributed by atoms with E-state index in [4.69, 9.17) is 5.73 Å². The first-order valence-electron chi connectivity index (χ1n) is 6.00. The molecule has 2 aromatic heterocycles. The normalized spacial score (nSPS) is 21.9. The van der Waals surface area contributed by atoms with Gasteiger partial charge in [-0.05, 0) is 54.2 Å². The Kier molecular flexibility index (Phi) is 1.86. The van der Waals surface area contributed by atoms with E-state index in [0.717, 1.165) is 17.0 Å². The van der Waals surface area contributed by atoms with Crippen molar-refractivity contribution in [2.45, 2.75) is 31.2 Å². The molecule has 2 N–H and O–H groups in total. The van der Waals surface area contributed by atoms with Crippen molar-refractivity contribution in [3.8, 4) is 0 Å². The molecule has 0 bridgehead atoms. The molecule has 2 aliphatic carbocycles. The Morgan fingerprint density at radius 1 is 1.35 bits per heavy atom. The maximum absolute atomic E-state index is 5.96. The largest absolute Gasteiger partial charge is 0.383 e. The average molecular weight is 340 g/mol. The zero-order valence-corrected chi connectivity index (χ0v) is 11.5. The lowest BCUT2D eigenvalue weighted by Gasteiger charge is -2.17. The monoisotopic (exact) mass is 340 g/mol. The Labute approximate surface area is 113 Å². The third-order valence-corrected chi connectivity index (χ3v) is 4.96. The van der Waals surface area contributed by atoms with Crippen molar-refractivity contribution in [2.24, 2.45) is 5.92 Å². The van der Waals surface area contributed by atoms with Gasteiger partial charge in [0.1, 0.15) is 17.8 Å². The van der Waals surface area contributed by atoms with Crippen LogP contribution in [0, 0.1) is 9.49 Å². The molecular weight excluding hydrogens is 327 g/mol. The van der Waals surface area contributed by atoms with Crippen molar-refractivity contribution in [3.05, 3.63) is 16.1 Å². The van der Waals surface area contributed by atoms with Crippen LogP contribution in [0.15, 0.2) is 12.5 Å². The number of fused-ring (bicyclic) bond motifs is 1. The van der Waals surface area contributed by atoms with Gasteiger partial charge in [0.2, 0.25) is 0 Å². The first-order valence-corrected chi connectivity index (χ1v) is 7.08. The molecule has 0 aliphatic heterocycles. The molecule has 2 saturated carbocycles. The molecule has 17 heavy (non-hydrogen) atoms. The van der Waals surface area contributed by atoms with Crippen molar-refractivity contribution in [1.29, 1.82) is 0 Å². The number of rotatable bonds is 2. The summed E-state index contributed by atoms with van der Waals surface area (Å²) in [5.74, 6) is 1.47. The van der Waals surface area contributed by atoms with Gasteiger partial charge in [0.15, 0.2) is 0 Å². The quantitative estimate of drug-likeness (QED) is 0.855. The van der Waals surface area contributed by atoms with Crippen LogP contribution < -0.4 is 5.73 Å². The van der Waals surface area contributed by atoms with Gasteiger partial charge in [0, 0.05) is 15.3 Å². The standard InChI is InChI=1S/C12H13IN4/c13-8-5-17(12(3-4-12)7-1-2-7)11-9(8)10(14)15-6-16-11/h5-7H,1-4H2,(H2,14,15,16). The molecule has 2 aliphatic rings. The van der Waals surface area contributed by atoms with Gasteiger partial charge in [-0.2, -0.15) is 0 Å². The summed E-state index contributed by atoms with van der Waals surface area (Å²) in [7, 11) is 0. The zero-order valence-electron chi connectivity index (χ0n) is 9.36. The van der Waals surface area contributed by atoms with Crippen LogP contribution in [0.1, 0.15) is 25.7 Å². The topological polar surface area (TPSA) is 56.7 Å². The van der Waals surface area contributed by atoms with Gasteiger partial charge >= 0.3 is 0 Å². The van der Waals surface area contributed by atoms with E-state index in [1.807, 2.05) is 0 Å². The summed E-state index contributed by atoms with van der Waals surface area (Å²) in [4.78, 5) is 8.54. The van der Waals surface area contributed by atoms with Gasteiger partial charge in [-0.1, -0.05) is 0 Å². The molecule has 0 aromatic carbocycles. The highest BCUT2D eigenvalue weighted by Crippen LogP contribution is 2.60. The van der Waals surface area contributed by atoms with Gasteiger partial charge in [0.25, 0.3) is 0 Å². The van der Waals surface area contributed by atoms with Gasteiger partial charge < -0.3 is 10.3 Å². The number of nitrogen functional groups attached to an aromatic ring is 1. The minimum Gasteiger partial charge on any atom is -0.383 e. The van der Waals surface area contributed by atoms with Gasteiger partial charge in [-0.3, -0.25) is 0 Å². The van der Waals surface area contributed by atoms with Crippen LogP contribution in [0.5, 0.6) is 0 Å². The summed E-state index contributed by atoms with van der Waals surface area (Å²) < 4.78 is 3.54. The predicted octanol–water partition coefficient (Wildman–Crippen LogP) is 2.52. The average Bonchev–Trinajstić information content (AvgIpc) is 3.18. The van der Waals surface area contributed by atoms with E-state index >= 15 is 0 Å². The summed E-state index contributed by atoms with van der Waals surface area (Å²) in [6, 6.07) is 0. The Bertz CT molecular complexity index is 610. The second kappa shape index (κ2) is 3.13. The summed E-state index contributed by atoms with van der Waals surface area (Å²) in [6.07, 6.45) is 9.12. The van der Waals surface area contributed by atoms with Crippen LogP contribution in [0.3, 0.4) is 0 Å². The van der Waals surface area contributed by atoms with Crippen molar-refractivity contribution in [1.82, 2.24) is 14.5 Å². The highest BCUT2D eigenvalue weighted by Gasteiger charge is 2.55. The van der Waals surface area contributed by atoms with Crippen LogP contribution in [0.4, 0.5) is 5.82 Å². The lowest BCUT2D eigenvalue weighted by Crippen LogP contribution is -2.18. The van der Waals surface area contributed by atoms with Crippen LogP contribution in [0.25, 0.3) is 11.0 Å². The van der Waals surface area contributed by atoms with Gasteiger partial charge in [-0.15, -0.1) is 0 Å². The van der Waals surface area contributed by atoms with E-state index in [1.165, 1.54) is 29.3 Å². The molecule has 0 amide bonds. The molecule has 0 unspecified atom stereocenters. The maximum Gasteiger partial charge on any atom is 0.147 e. The lowest BCUT2D eigenvalue weighted by atomic mass is 10.1. The summed E-state index contributed by atoms with van der Waals surface area (Å²) >= 11 is 2.34. The molecule has 4 rings (SSSR count). The van der Waals surface area contributed by atoms with Gasteiger partial charge in [0.05, 0.1) is 5.39 Å². The van der Waals surface area contributed by atoms with Crippen molar-refractivity contribution in [3.63, 3.8) is 0 Å². The minimum atomic E-state index is 0.364. The van der Waals surface area contributed by atoms with Crippen LogP contribution in [-0.4, -0.2) is 14.5 Å². The number of aromatic nitrogens is 3. The number of hydrogen-bond donors (Lipinski definition) is 1. The van der Waals surface area contributed by atoms with Crippen molar-refractivity contribution < 1.29 is 0 Å². The minimum absolute atomic E-state index is 0.364. The third-order valence-electron chi connectivity index (χ3n) is 4.15. The molecule has 2 aromatic rings. The SMILES string of the molecule is Nc1ncnc2c1c(I)cn2C1(C2CC2)CC1. The maximum atomic E-state index is 5.96. The molecule has 0 saturated heterocycles. The zero-order chi connectivity index (χ0) is 11.6. The number of nitrogens with zero attached hydrogens (tertiary/aromatic N) is 3. The first kappa shape index (κ1) is 10.1. The Hall–Kier alpha value is -0.850. The van der Waals surface area contributed by atoms with Crippen LogP contribution in [-0.2, 0) is 5.54 Å². The van der Waals surface area contributed by atoms with Crippen molar-refractivity contribution >= 4 is 39.4 Å². The Morgan fingerprint density at radius 2 is 2.12 bits per heavy atom. The molecule has 4 nitrogen and oxygen atoms in total. The predicted molar refractivity (Wildman–Crippen MR) is 74.6 cm³/mol. The number of hydrogen-bond acceptors (Lipinski definition) is 3. The molecule has 5 heteroatoms. The van der Waals surface area contributed by atoms with E-state index in [0.29, 0.717) is 11.4 Å². The second-order valence-corrected chi connectivity index (χ2v) is 6.34. The fourth-order valence-electron chi connectivity index (χ4n) is 2.97. The van der Waals surface area contributed by atoms with E-state index in [1.54, 1.807) is 6.33 Å². The van der Waals surface area contributed by atoms with E-state index < -0.39 is 0 Å². The molecule has 0 radical (unpaired) electrons. The van der Waals surface area contributed by atoms with Gasteiger partial charge in [-0.25, -0.2) is 9.97 Å². The fourth-order valence-corrected chi connectivity index (χ4v) is 3.77. The Morgan fingerprint density at radius 3 is 2.76 bits per heavy atom. The van der Waals surface area contributed by atoms with E-state index in [9.17, 15) is 0 Å². The Balaban J connectivity index is 2.00. The molecule has 2 fully saturated rings. The summed E-state index contributed by atoms with van der Waals surface area (Å²) in [5, 5.41) is 1.03. The molecule has 0 atom stereocenters. The molecular formula is C12H13IN4. The van der Waals surface area contributed by atoms with E-state index in [-0.39, 0.29) is 0 Å². The molecule has 88 valence electrons. The highest BCUT2D eigenvalue weighted by molar-refractivity contribution is 14.1. The lowest BCUT2D eigenvalue weighted by molar-refractivity contribution is 0.432. The highest BCUT2D eigenvalue weighted by atomic mass is 127. The number of halogens is 1. The smallest absolute Gasteiger partial charge is 0.147 e.